The highest BCUT2D eigenvalue weighted by atomic mass is 15.2. The molecule has 0 unspecified atom stereocenters. The van der Waals surface area contributed by atoms with Crippen molar-refractivity contribution in [3.05, 3.63) is 83.6 Å². The maximum atomic E-state index is 5.04. The van der Waals surface area contributed by atoms with E-state index in [0.29, 0.717) is 11.3 Å². The smallest absolute Gasteiger partial charge is 0.0360 e. The van der Waals surface area contributed by atoms with Crippen LogP contribution in [0.2, 0.25) is 0 Å². The van der Waals surface area contributed by atoms with Gasteiger partial charge in [0.2, 0.25) is 0 Å². The predicted molar refractivity (Wildman–Crippen MR) is 202 cm³/mol. The molecule has 5 rings (SSSR count). The minimum absolute atomic E-state index is 0.0152. The van der Waals surface area contributed by atoms with E-state index in [-0.39, 0.29) is 16.2 Å². The molecule has 4 aliphatic rings. The molecule has 1 heteroatoms. The average Bonchev–Trinajstić information content (AvgIpc) is 3.02. The Kier molecular flexibility index (Phi) is 10.4. The zero-order valence-electron chi connectivity index (χ0n) is 31.2. The molecule has 1 aromatic rings. The molecule has 3 aliphatic carbocycles. The molecule has 46 heavy (non-hydrogen) atoms. The highest BCUT2D eigenvalue weighted by Gasteiger charge is 2.50. The van der Waals surface area contributed by atoms with Crippen LogP contribution in [0.4, 0.5) is 0 Å². The second-order valence-electron chi connectivity index (χ2n) is 17.8. The third-order valence-corrected chi connectivity index (χ3v) is 12.8. The summed E-state index contributed by atoms with van der Waals surface area (Å²) in [6.07, 6.45) is 24.3. The number of rotatable bonds is 9. The third-order valence-electron chi connectivity index (χ3n) is 12.8. The fourth-order valence-electron chi connectivity index (χ4n) is 10.5. The molecule has 0 N–H and O–H groups in total. The Labute approximate surface area is 284 Å². The molecule has 0 radical (unpaired) electrons. The first-order chi connectivity index (χ1) is 21.7. The Morgan fingerprint density at radius 1 is 0.935 bits per heavy atom. The topological polar surface area (TPSA) is 3.24 Å². The molecule has 1 atom stereocenters. The van der Waals surface area contributed by atoms with Crippen LogP contribution in [-0.2, 0) is 0 Å². The molecule has 2 fully saturated rings. The Hall–Kier alpha value is -2.28. The highest BCUT2D eigenvalue weighted by Crippen LogP contribution is 2.59. The van der Waals surface area contributed by atoms with E-state index in [2.05, 4.69) is 109 Å². The fourth-order valence-corrected chi connectivity index (χ4v) is 10.5. The van der Waals surface area contributed by atoms with E-state index in [1.165, 1.54) is 97.8 Å². The van der Waals surface area contributed by atoms with Crippen LogP contribution in [-0.4, -0.2) is 18.0 Å². The van der Waals surface area contributed by atoms with Gasteiger partial charge in [-0.15, -0.1) is 0 Å². The largest absolute Gasteiger partial charge is 0.370 e. The van der Waals surface area contributed by atoms with Gasteiger partial charge in [0, 0.05) is 35.0 Å². The van der Waals surface area contributed by atoms with Crippen molar-refractivity contribution in [2.45, 2.75) is 139 Å². The van der Waals surface area contributed by atoms with Gasteiger partial charge in [0.1, 0.15) is 0 Å². The van der Waals surface area contributed by atoms with Crippen molar-refractivity contribution in [1.82, 2.24) is 4.90 Å². The van der Waals surface area contributed by atoms with E-state index in [4.69, 9.17) is 6.58 Å². The number of nitrogens with zero attached hydrogens (tertiary/aromatic N) is 1. The summed E-state index contributed by atoms with van der Waals surface area (Å²) in [5.41, 5.74) is 11.1. The minimum atomic E-state index is 0.0152. The number of allylic oxidation sites excluding steroid dienone is 6. The number of hydrogen-bond donors (Lipinski definition) is 0. The predicted octanol–water partition coefficient (Wildman–Crippen LogP) is 13.2. The quantitative estimate of drug-likeness (QED) is 0.248. The second-order valence-corrected chi connectivity index (χ2v) is 17.8. The minimum Gasteiger partial charge on any atom is -0.370 e. The van der Waals surface area contributed by atoms with Crippen molar-refractivity contribution in [3.8, 4) is 0 Å². The summed E-state index contributed by atoms with van der Waals surface area (Å²) in [6, 6.07) is 9.46. The van der Waals surface area contributed by atoms with Crippen LogP contribution < -0.4 is 0 Å². The molecule has 0 bridgehead atoms. The molecule has 2 saturated carbocycles. The van der Waals surface area contributed by atoms with E-state index in [0.717, 1.165) is 38.3 Å². The average molecular weight is 622 g/mol. The summed E-state index contributed by atoms with van der Waals surface area (Å²) in [5.74, 6) is 1.48. The lowest BCUT2D eigenvalue weighted by molar-refractivity contribution is 0.0489. The van der Waals surface area contributed by atoms with Crippen molar-refractivity contribution in [2.75, 3.05) is 13.1 Å². The molecule has 1 nitrogen and oxygen atoms in total. The van der Waals surface area contributed by atoms with Crippen molar-refractivity contribution < 1.29 is 0 Å². The van der Waals surface area contributed by atoms with Crippen LogP contribution in [0.3, 0.4) is 0 Å². The summed E-state index contributed by atoms with van der Waals surface area (Å²) in [4.78, 5) is 2.75. The van der Waals surface area contributed by atoms with Gasteiger partial charge in [-0.3, -0.25) is 0 Å². The monoisotopic (exact) mass is 622 g/mol. The van der Waals surface area contributed by atoms with Gasteiger partial charge in [0.05, 0.1) is 0 Å². The van der Waals surface area contributed by atoms with Gasteiger partial charge >= 0.3 is 0 Å². The normalized spacial score (nSPS) is 29.1. The molecule has 0 aromatic heterocycles. The van der Waals surface area contributed by atoms with Crippen molar-refractivity contribution >= 4 is 11.1 Å². The van der Waals surface area contributed by atoms with Gasteiger partial charge in [0.15, 0.2) is 0 Å². The van der Waals surface area contributed by atoms with Gasteiger partial charge in [-0.1, -0.05) is 141 Å². The molecular formula is C45H67N. The summed E-state index contributed by atoms with van der Waals surface area (Å²) in [7, 11) is 0. The van der Waals surface area contributed by atoms with Crippen molar-refractivity contribution in [3.63, 3.8) is 0 Å². The molecule has 0 saturated heterocycles. The van der Waals surface area contributed by atoms with Gasteiger partial charge in [-0.25, -0.2) is 0 Å². The fraction of sp³-hybridized carbons (Fsp3) is 0.644. The Balaban J connectivity index is 1.36. The van der Waals surface area contributed by atoms with Gasteiger partial charge in [-0.2, -0.15) is 0 Å². The lowest BCUT2D eigenvalue weighted by atomic mass is 9.56. The van der Waals surface area contributed by atoms with E-state index >= 15 is 0 Å². The number of benzene rings is 1. The van der Waals surface area contributed by atoms with Gasteiger partial charge < -0.3 is 4.90 Å². The zero-order valence-corrected chi connectivity index (χ0v) is 31.2. The van der Waals surface area contributed by atoms with Crippen LogP contribution in [0, 0.1) is 33.5 Å². The zero-order chi connectivity index (χ0) is 33.3. The highest BCUT2D eigenvalue weighted by molar-refractivity contribution is 5.76. The standard InChI is InChI=1S/C45H67N/c1-11-16-35(12-2)37-19-21-38(22-20-37)40-25-27-44(10)32-46(30-26-41(44)43(40,8)9)34(4)45(39-17-14-13-15-18-39)28-23-36(24-29-45)33(3)31-42(5,6)7/h12,19-22,25-26,36,39H,3-4,11,13-18,23-24,27-32H2,1-2,5-10H3/b35-12+/t36?,44-,45?/m1/s1. The summed E-state index contributed by atoms with van der Waals surface area (Å²) >= 11 is 0. The first-order valence-corrected chi connectivity index (χ1v) is 19.0. The molecule has 252 valence electrons. The molecular weight excluding hydrogens is 555 g/mol. The molecule has 0 amide bonds. The molecule has 1 aromatic carbocycles. The number of hydrogen-bond acceptors (Lipinski definition) is 1. The van der Waals surface area contributed by atoms with Crippen LogP contribution in [0.1, 0.15) is 150 Å². The van der Waals surface area contributed by atoms with Crippen LogP contribution in [0.25, 0.3) is 11.1 Å². The van der Waals surface area contributed by atoms with E-state index < -0.39 is 0 Å². The van der Waals surface area contributed by atoms with Crippen molar-refractivity contribution in [1.29, 1.82) is 0 Å². The Bertz CT molecular complexity index is 1340. The summed E-state index contributed by atoms with van der Waals surface area (Å²) in [5, 5.41) is 0. The van der Waals surface area contributed by atoms with E-state index in [1.54, 1.807) is 5.57 Å². The number of fused-ring (bicyclic) bond motifs is 1. The lowest BCUT2D eigenvalue weighted by Crippen LogP contribution is -2.50. The molecule has 1 aliphatic heterocycles. The van der Waals surface area contributed by atoms with E-state index in [9.17, 15) is 0 Å². The first kappa shape index (κ1) is 35.0. The maximum Gasteiger partial charge on any atom is 0.0360 e. The molecule has 0 spiro atoms. The third kappa shape index (κ3) is 6.96. The van der Waals surface area contributed by atoms with E-state index in [1.807, 2.05) is 0 Å². The second kappa shape index (κ2) is 13.7. The molecule has 1 heterocycles. The SMILES string of the molecule is C=C(CC(C)(C)C)C1CCC(C(=C)N2CC=C3C(C)(C)C(c4ccc(/C(=C/C)CCC)cc4)=CC[C@]3(C)C2)(C2CCCCC2)CC1. The van der Waals surface area contributed by atoms with Gasteiger partial charge in [0.25, 0.3) is 0 Å². The lowest BCUT2D eigenvalue weighted by Gasteiger charge is -2.56. The van der Waals surface area contributed by atoms with Gasteiger partial charge in [-0.05, 0) is 104 Å². The van der Waals surface area contributed by atoms with Crippen LogP contribution in [0.15, 0.2) is 72.5 Å². The maximum absolute atomic E-state index is 5.04. The Morgan fingerprint density at radius 2 is 1.59 bits per heavy atom. The first-order valence-electron chi connectivity index (χ1n) is 19.0. The summed E-state index contributed by atoms with van der Waals surface area (Å²) in [6.45, 7) is 30.8. The van der Waals surface area contributed by atoms with Crippen LogP contribution >= 0.6 is 0 Å². The van der Waals surface area contributed by atoms with Crippen LogP contribution in [0.5, 0.6) is 0 Å². The Morgan fingerprint density at radius 3 is 2.17 bits per heavy atom. The summed E-state index contributed by atoms with van der Waals surface area (Å²) < 4.78 is 0. The van der Waals surface area contributed by atoms with Crippen molar-refractivity contribution in [2.24, 2.45) is 33.5 Å².